The Kier molecular flexibility index (Phi) is 4.12. The Morgan fingerprint density at radius 2 is 1.22 bits per heavy atom. The largest absolute Gasteiger partial charge is 0.496 e. The highest BCUT2D eigenvalue weighted by atomic mass is 16.5. The number of benzene rings is 1. The Morgan fingerprint density at radius 3 is 1.56 bits per heavy atom. The molecule has 4 nitrogen and oxygen atoms in total. The van der Waals surface area contributed by atoms with Gasteiger partial charge < -0.3 is 19.3 Å². The highest BCUT2D eigenvalue weighted by Crippen LogP contribution is 2.33. The maximum Gasteiger partial charge on any atom is 0.131 e. The van der Waals surface area contributed by atoms with Gasteiger partial charge in [0.1, 0.15) is 22.8 Å². The Bertz CT molecular complexity index is 382. The van der Waals surface area contributed by atoms with Gasteiger partial charge in [-0.15, -0.1) is 0 Å². The molecule has 0 saturated heterocycles. The summed E-state index contributed by atoms with van der Waals surface area (Å²) in [5, 5.41) is 10.1. The standard InChI is InChI=1S/C14H22O4/c1-13(2,15)14(3,4)18-12-8-10(16-5)7-11(9-12)17-6/h7-9,15H,1-6H3. The molecule has 1 aromatic rings. The summed E-state index contributed by atoms with van der Waals surface area (Å²) in [7, 11) is 3.17. The van der Waals surface area contributed by atoms with Crippen LogP contribution in [-0.4, -0.2) is 30.5 Å². The Balaban J connectivity index is 3.04. The van der Waals surface area contributed by atoms with Crippen molar-refractivity contribution in [2.24, 2.45) is 0 Å². The van der Waals surface area contributed by atoms with Crippen LogP contribution in [0.25, 0.3) is 0 Å². The minimum Gasteiger partial charge on any atom is -0.496 e. The fourth-order valence-electron chi connectivity index (χ4n) is 1.26. The Morgan fingerprint density at radius 1 is 0.833 bits per heavy atom. The quantitative estimate of drug-likeness (QED) is 0.877. The molecule has 0 aliphatic carbocycles. The van der Waals surface area contributed by atoms with E-state index >= 15 is 0 Å². The average molecular weight is 254 g/mol. The molecule has 0 spiro atoms. The van der Waals surface area contributed by atoms with Gasteiger partial charge in [-0.2, -0.15) is 0 Å². The highest BCUT2D eigenvalue weighted by molar-refractivity contribution is 5.42. The number of methoxy groups -OCH3 is 2. The third-order valence-corrected chi connectivity index (χ3v) is 3.17. The molecule has 1 aromatic carbocycles. The minimum atomic E-state index is -0.969. The van der Waals surface area contributed by atoms with Gasteiger partial charge >= 0.3 is 0 Å². The van der Waals surface area contributed by atoms with Crippen LogP contribution in [0.15, 0.2) is 18.2 Å². The minimum absolute atomic E-state index is 0.596. The molecule has 0 saturated carbocycles. The highest BCUT2D eigenvalue weighted by Gasteiger charge is 2.37. The average Bonchev–Trinajstić information content (AvgIpc) is 2.26. The first kappa shape index (κ1) is 14.6. The lowest BCUT2D eigenvalue weighted by molar-refractivity contribution is -0.0907. The van der Waals surface area contributed by atoms with E-state index in [4.69, 9.17) is 14.2 Å². The molecule has 0 unspecified atom stereocenters. The Labute approximate surface area is 108 Å². The van der Waals surface area contributed by atoms with Crippen molar-refractivity contribution < 1.29 is 19.3 Å². The van der Waals surface area contributed by atoms with Gasteiger partial charge in [0, 0.05) is 18.2 Å². The third-order valence-electron chi connectivity index (χ3n) is 3.17. The van der Waals surface area contributed by atoms with Crippen LogP contribution in [0.4, 0.5) is 0 Å². The second-order valence-corrected chi connectivity index (χ2v) is 5.22. The fraction of sp³-hybridized carbons (Fsp3) is 0.571. The van der Waals surface area contributed by atoms with Crippen LogP contribution in [0, 0.1) is 0 Å². The van der Waals surface area contributed by atoms with Gasteiger partial charge in [0.25, 0.3) is 0 Å². The fourth-order valence-corrected chi connectivity index (χ4v) is 1.26. The molecule has 0 radical (unpaired) electrons. The van der Waals surface area contributed by atoms with Crippen molar-refractivity contribution in [1.82, 2.24) is 0 Å². The Hall–Kier alpha value is -1.42. The predicted octanol–water partition coefficient (Wildman–Crippen LogP) is 2.63. The molecular formula is C14H22O4. The van der Waals surface area contributed by atoms with Gasteiger partial charge in [-0.1, -0.05) is 0 Å². The van der Waals surface area contributed by atoms with Crippen LogP contribution in [0.5, 0.6) is 17.2 Å². The van der Waals surface area contributed by atoms with Crippen LogP contribution < -0.4 is 14.2 Å². The van der Waals surface area contributed by atoms with Crippen molar-refractivity contribution in [2.45, 2.75) is 38.9 Å². The van der Waals surface area contributed by atoms with E-state index in [0.717, 1.165) is 0 Å². The molecule has 18 heavy (non-hydrogen) atoms. The van der Waals surface area contributed by atoms with E-state index in [1.807, 2.05) is 13.8 Å². The molecular weight excluding hydrogens is 232 g/mol. The lowest BCUT2D eigenvalue weighted by atomic mass is 9.89. The maximum absolute atomic E-state index is 10.1. The van der Waals surface area contributed by atoms with E-state index in [9.17, 15) is 5.11 Å². The van der Waals surface area contributed by atoms with Gasteiger partial charge in [0.2, 0.25) is 0 Å². The molecule has 0 heterocycles. The number of hydrogen-bond donors (Lipinski definition) is 1. The van der Waals surface area contributed by atoms with Crippen molar-refractivity contribution in [3.63, 3.8) is 0 Å². The molecule has 0 aliphatic rings. The van der Waals surface area contributed by atoms with Crippen LogP contribution in [0.2, 0.25) is 0 Å². The molecule has 1 N–H and O–H groups in total. The van der Waals surface area contributed by atoms with Gasteiger partial charge in [-0.05, 0) is 27.7 Å². The number of ether oxygens (including phenoxy) is 3. The smallest absolute Gasteiger partial charge is 0.131 e. The van der Waals surface area contributed by atoms with Crippen LogP contribution in [0.3, 0.4) is 0 Å². The van der Waals surface area contributed by atoms with Gasteiger partial charge in [0.15, 0.2) is 0 Å². The van der Waals surface area contributed by atoms with Gasteiger partial charge in [-0.3, -0.25) is 0 Å². The molecule has 1 rings (SSSR count). The summed E-state index contributed by atoms with van der Waals surface area (Å²) in [6.45, 7) is 7.09. The van der Waals surface area contributed by atoms with E-state index in [0.29, 0.717) is 17.2 Å². The number of hydrogen-bond acceptors (Lipinski definition) is 4. The van der Waals surface area contributed by atoms with Crippen molar-refractivity contribution >= 4 is 0 Å². The van der Waals surface area contributed by atoms with E-state index in [1.54, 1.807) is 46.3 Å². The van der Waals surface area contributed by atoms with E-state index in [2.05, 4.69) is 0 Å². The van der Waals surface area contributed by atoms with Crippen molar-refractivity contribution in [1.29, 1.82) is 0 Å². The summed E-state index contributed by atoms with van der Waals surface area (Å²) in [5.41, 5.74) is -1.70. The number of rotatable bonds is 5. The summed E-state index contributed by atoms with van der Waals surface area (Å²) >= 11 is 0. The molecule has 0 bridgehead atoms. The molecule has 0 fully saturated rings. The normalized spacial score (nSPS) is 12.2. The van der Waals surface area contributed by atoms with Gasteiger partial charge in [0.05, 0.1) is 19.8 Å². The first-order chi connectivity index (χ1) is 8.19. The third kappa shape index (κ3) is 3.29. The van der Waals surface area contributed by atoms with Crippen molar-refractivity contribution in [2.75, 3.05) is 14.2 Å². The SMILES string of the molecule is COc1cc(OC)cc(OC(C)(C)C(C)(C)O)c1. The lowest BCUT2D eigenvalue weighted by Gasteiger charge is -2.37. The zero-order chi connectivity index (χ0) is 14.0. The molecule has 4 heteroatoms. The maximum atomic E-state index is 10.1. The molecule has 0 atom stereocenters. The number of aliphatic hydroxyl groups is 1. The second-order valence-electron chi connectivity index (χ2n) is 5.22. The molecule has 0 aliphatic heterocycles. The second kappa shape index (κ2) is 5.06. The molecule has 0 amide bonds. The lowest BCUT2D eigenvalue weighted by Crippen LogP contribution is -2.49. The van der Waals surface area contributed by atoms with Gasteiger partial charge in [-0.25, -0.2) is 0 Å². The van der Waals surface area contributed by atoms with E-state index < -0.39 is 11.2 Å². The van der Waals surface area contributed by atoms with E-state index in [1.165, 1.54) is 0 Å². The molecule has 102 valence electrons. The summed E-state index contributed by atoms with van der Waals surface area (Å²) < 4.78 is 16.2. The summed E-state index contributed by atoms with van der Waals surface area (Å²) in [5.74, 6) is 1.89. The summed E-state index contributed by atoms with van der Waals surface area (Å²) in [6.07, 6.45) is 0. The van der Waals surface area contributed by atoms with Crippen molar-refractivity contribution in [3.8, 4) is 17.2 Å². The monoisotopic (exact) mass is 254 g/mol. The van der Waals surface area contributed by atoms with Crippen LogP contribution in [-0.2, 0) is 0 Å². The zero-order valence-electron chi connectivity index (χ0n) is 11.9. The first-order valence-corrected chi connectivity index (χ1v) is 5.84. The first-order valence-electron chi connectivity index (χ1n) is 5.84. The van der Waals surface area contributed by atoms with Crippen LogP contribution in [0.1, 0.15) is 27.7 Å². The zero-order valence-corrected chi connectivity index (χ0v) is 11.9. The molecule has 0 aromatic heterocycles. The topological polar surface area (TPSA) is 47.9 Å². The van der Waals surface area contributed by atoms with Crippen molar-refractivity contribution in [3.05, 3.63) is 18.2 Å². The summed E-state index contributed by atoms with van der Waals surface area (Å²) in [4.78, 5) is 0. The predicted molar refractivity (Wildman–Crippen MR) is 70.6 cm³/mol. The summed E-state index contributed by atoms with van der Waals surface area (Å²) in [6, 6.07) is 5.29. The van der Waals surface area contributed by atoms with Crippen LogP contribution >= 0.6 is 0 Å². The van der Waals surface area contributed by atoms with E-state index in [-0.39, 0.29) is 0 Å².